The summed E-state index contributed by atoms with van der Waals surface area (Å²) in [7, 11) is 1.16. The summed E-state index contributed by atoms with van der Waals surface area (Å²) in [6.07, 6.45) is -8.74. The maximum absolute atomic E-state index is 12.9. The van der Waals surface area contributed by atoms with Crippen LogP contribution in [0, 0.1) is 5.92 Å². The smallest absolute Gasteiger partial charge is 0.416 e. The summed E-state index contributed by atoms with van der Waals surface area (Å²) in [4.78, 5) is 24.8. The van der Waals surface area contributed by atoms with Gasteiger partial charge < -0.3 is 19.5 Å². The first-order valence-corrected chi connectivity index (χ1v) is 8.04. The van der Waals surface area contributed by atoms with Crippen LogP contribution in [0.5, 0.6) is 0 Å². The molecule has 1 aromatic carbocycles. The molecule has 0 aromatic heterocycles. The molecule has 1 aliphatic rings. The Kier molecular flexibility index (Phi) is 6.47. The van der Waals surface area contributed by atoms with Crippen molar-refractivity contribution in [3.8, 4) is 0 Å². The van der Waals surface area contributed by atoms with Crippen LogP contribution in [-0.2, 0) is 20.9 Å². The van der Waals surface area contributed by atoms with Crippen molar-refractivity contribution in [2.24, 2.45) is 5.92 Å². The molecule has 0 saturated carbocycles. The third-order valence-corrected chi connectivity index (χ3v) is 4.30. The zero-order valence-corrected chi connectivity index (χ0v) is 14.1. The Morgan fingerprint density at radius 1 is 1.27 bits per heavy atom. The molecule has 1 heterocycles. The number of ether oxygens (including phenoxy) is 2. The van der Waals surface area contributed by atoms with Gasteiger partial charge in [-0.2, -0.15) is 13.2 Å². The minimum absolute atomic E-state index is 0.0763. The van der Waals surface area contributed by atoms with Gasteiger partial charge in [0.1, 0.15) is 6.61 Å². The highest BCUT2D eigenvalue weighted by atomic mass is 19.4. The second-order valence-corrected chi connectivity index (χ2v) is 6.04. The van der Waals surface area contributed by atoms with Crippen LogP contribution in [0.2, 0.25) is 0 Å². The number of esters is 1. The molecule has 1 aliphatic heterocycles. The van der Waals surface area contributed by atoms with Gasteiger partial charge in [0.2, 0.25) is 0 Å². The number of piperidine rings is 1. The molecule has 6 nitrogen and oxygen atoms in total. The van der Waals surface area contributed by atoms with Gasteiger partial charge in [0.25, 0.3) is 0 Å². The molecule has 0 radical (unpaired) electrons. The molecular formula is C17H20F3NO5. The summed E-state index contributed by atoms with van der Waals surface area (Å²) in [6.45, 7) is -0.438. The van der Waals surface area contributed by atoms with Crippen LogP contribution in [0.4, 0.5) is 18.0 Å². The van der Waals surface area contributed by atoms with E-state index in [1.807, 2.05) is 0 Å². The second-order valence-electron chi connectivity index (χ2n) is 6.04. The lowest BCUT2D eigenvalue weighted by Gasteiger charge is -2.40. The monoisotopic (exact) mass is 375 g/mol. The van der Waals surface area contributed by atoms with Crippen LogP contribution in [0.3, 0.4) is 0 Å². The molecular weight excluding hydrogens is 355 g/mol. The van der Waals surface area contributed by atoms with Crippen LogP contribution in [0.15, 0.2) is 30.3 Å². The van der Waals surface area contributed by atoms with E-state index in [9.17, 15) is 27.9 Å². The molecule has 144 valence electrons. The van der Waals surface area contributed by atoms with Crippen LogP contribution >= 0.6 is 0 Å². The number of carbonyl (C=O) groups is 2. The molecule has 2 rings (SSSR count). The lowest BCUT2D eigenvalue weighted by Crippen LogP contribution is -2.57. The predicted octanol–water partition coefficient (Wildman–Crippen LogP) is 2.50. The fraction of sp³-hybridized carbons (Fsp3) is 0.529. The Bertz CT molecular complexity index is 623. The highest BCUT2D eigenvalue weighted by Crippen LogP contribution is 2.32. The first-order chi connectivity index (χ1) is 12.2. The van der Waals surface area contributed by atoms with Crippen molar-refractivity contribution in [2.75, 3.05) is 13.7 Å². The number of carbonyl (C=O) groups excluding carboxylic acids is 2. The molecule has 1 fully saturated rings. The van der Waals surface area contributed by atoms with E-state index in [1.54, 1.807) is 30.3 Å². The number of amides is 1. The van der Waals surface area contributed by atoms with Crippen molar-refractivity contribution in [3.63, 3.8) is 0 Å². The maximum atomic E-state index is 12.9. The Balaban J connectivity index is 2.12. The van der Waals surface area contributed by atoms with Crippen LogP contribution in [-0.4, -0.2) is 54.0 Å². The summed E-state index contributed by atoms with van der Waals surface area (Å²) < 4.78 is 48.5. The lowest BCUT2D eigenvalue weighted by atomic mass is 9.90. The fourth-order valence-corrected chi connectivity index (χ4v) is 2.91. The molecule has 0 spiro atoms. The number of methoxy groups -OCH3 is 1. The van der Waals surface area contributed by atoms with E-state index in [0.29, 0.717) is 5.56 Å². The Labute approximate surface area is 148 Å². The van der Waals surface area contributed by atoms with Crippen molar-refractivity contribution in [1.82, 2.24) is 4.90 Å². The number of hydrogen-bond donors (Lipinski definition) is 1. The van der Waals surface area contributed by atoms with Crippen LogP contribution < -0.4 is 0 Å². The minimum Gasteiger partial charge on any atom is -0.469 e. The van der Waals surface area contributed by atoms with Crippen molar-refractivity contribution < 1.29 is 37.3 Å². The van der Waals surface area contributed by atoms with Gasteiger partial charge in [-0.15, -0.1) is 0 Å². The van der Waals surface area contributed by atoms with Crippen LogP contribution in [0.1, 0.15) is 18.4 Å². The summed E-state index contributed by atoms with van der Waals surface area (Å²) in [5, 5.41) is 9.61. The minimum atomic E-state index is -4.89. The summed E-state index contributed by atoms with van der Waals surface area (Å²) >= 11 is 0. The first kappa shape index (κ1) is 20.0. The first-order valence-electron chi connectivity index (χ1n) is 8.04. The molecule has 1 aromatic rings. The molecule has 0 aliphatic carbocycles. The Morgan fingerprint density at radius 2 is 1.92 bits per heavy atom. The standard InChI is InChI=1S/C17H20F3NO5/c1-25-15(23)12-7-8-13(14(22)17(18,19)20)21(9-12)16(24)26-10-11-5-3-2-4-6-11/h2-6,12-14,22H,7-10H2,1H3/t12-,13-,14+/m1/s1. The number of hydrogen-bond acceptors (Lipinski definition) is 5. The topological polar surface area (TPSA) is 76.1 Å². The van der Waals surface area contributed by atoms with Gasteiger partial charge in [0.05, 0.1) is 19.1 Å². The number of rotatable bonds is 4. The van der Waals surface area contributed by atoms with Crippen molar-refractivity contribution in [1.29, 1.82) is 0 Å². The molecule has 1 saturated heterocycles. The molecule has 1 N–H and O–H groups in total. The van der Waals surface area contributed by atoms with Gasteiger partial charge in [-0.3, -0.25) is 4.79 Å². The summed E-state index contributed by atoms with van der Waals surface area (Å²) in [5.41, 5.74) is 0.662. The van der Waals surface area contributed by atoms with E-state index in [1.165, 1.54) is 0 Å². The molecule has 0 unspecified atom stereocenters. The highest BCUT2D eigenvalue weighted by Gasteiger charge is 2.49. The molecule has 9 heteroatoms. The molecule has 26 heavy (non-hydrogen) atoms. The number of aliphatic hydroxyl groups excluding tert-OH is 1. The SMILES string of the molecule is COC(=O)[C@@H]1CC[C@H]([C@H](O)C(F)(F)F)N(C(=O)OCc2ccccc2)C1. The van der Waals surface area contributed by atoms with E-state index in [2.05, 4.69) is 4.74 Å². The van der Waals surface area contributed by atoms with Gasteiger partial charge in [-0.1, -0.05) is 30.3 Å². The number of halogens is 3. The Hall–Kier alpha value is -2.29. The fourth-order valence-electron chi connectivity index (χ4n) is 2.91. The van der Waals surface area contributed by atoms with Crippen molar-refractivity contribution >= 4 is 12.1 Å². The quantitative estimate of drug-likeness (QED) is 0.819. The second kappa shape index (κ2) is 8.39. The number of aliphatic hydroxyl groups is 1. The number of likely N-dealkylation sites (tertiary alicyclic amines) is 1. The maximum Gasteiger partial charge on any atom is 0.416 e. The summed E-state index contributed by atoms with van der Waals surface area (Å²) in [5.74, 6) is -1.38. The van der Waals surface area contributed by atoms with Crippen molar-refractivity contribution in [3.05, 3.63) is 35.9 Å². The van der Waals surface area contributed by atoms with Crippen LogP contribution in [0.25, 0.3) is 0 Å². The van der Waals surface area contributed by atoms with Gasteiger partial charge in [0, 0.05) is 6.54 Å². The van der Waals surface area contributed by atoms with E-state index >= 15 is 0 Å². The lowest BCUT2D eigenvalue weighted by molar-refractivity contribution is -0.223. The van der Waals surface area contributed by atoms with Gasteiger partial charge in [0.15, 0.2) is 6.10 Å². The number of benzene rings is 1. The van der Waals surface area contributed by atoms with Crippen molar-refractivity contribution in [2.45, 2.75) is 37.8 Å². The largest absolute Gasteiger partial charge is 0.469 e. The van der Waals surface area contributed by atoms with Gasteiger partial charge in [-0.05, 0) is 18.4 Å². The number of nitrogens with zero attached hydrogens (tertiary/aromatic N) is 1. The average molecular weight is 375 g/mol. The molecule has 1 amide bonds. The van der Waals surface area contributed by atoms with E-state index in [0.717, 1.165) is 12.0 Å². The summed E-state index contributed by atoms with van der Waals surface area (Å²) in [6, 6.07) is 7.11. The highest BCUT2D eigenvalue weighted by molar-refractivity contribution is 5.75. The van der Waals surface area contributed by atoms with E-state index < -0.39 is 36.3 Å². The number of alkyl halides is 3. The third kappa shape index (κ3) is 4.87. The Morgan fingerprint density at radius 3 is 2.50 bits per heavy atom. The van der Waals surface area contributed by atoms with Gasteiger partial charge in [-0.25, -0.2) is 4.79 Å². The predicted molar refractivity (Wildman–Crippen MR) is 83.9 cm³/mol. The zero-order chi connectivity index (χ0) is 19.3. The molecule has 3 atom stereocenters. The zero-order valence-electron chi connectivity index (χ0n) is 14.1. The third-order valence-electron chi connectivity index (χ3n) is 4.30. The molecule has 0 bridgehead atoms. The van der Waals surface area contributed by atoms with Gasteiger partial charge >= 0.3 is 18.2 Å². The van der Waals surface area contributed by atoms with E-state index in [-0.39, 0.29) is 26.0 Å². The normalized spacial score (nSPS) is 21.8. The average Bonchev–Trinajstić information content (AvgIpc) is 2.64. The van der Waals surface area contributed by atoms with E-state index in [4.69, 9.17) is 4.74 Å².